The van der Waals surface area contributed by atoms with Crippen molar-refractivity contribution in [3.05, 3.63) is 63.9 Å². The average Bonchev–Trinajstić information content (AvgIpc) is 3.19. The van der Waals surface area contributed by atoms with Gasteiger partial charge in [0.25, 0.3) is 5.56 Å². The molecule has 0 aliphatic heterocycles. The number of nitrogens with zero attached hydrogens (tertiary/aromatic N) is 4. The molecule has 1 N–H and O–H groups in total. The second-order valence-electron chi connectivity index (χ2n) is 7.53. The highest BCUT2D eigenvalue weighted by molar-refractivity contribution is 7.99. The van der Waals surface area contributed by atoms with Crippen LogP contribution in [0, 0.1) is 13.8 Å². The van der Waals surface area contributed by atoms with Crippen LogP contribution in [0.2, 0.25) is 0 Å². The minimum Gasteiger partial charge on any atom is -0.325 e. The number of amides is 1. The molecule has 7 nitrogen and oxygen atoms in total. The molecule has 0 unspecified atom stereocenters. The van der Waals surface area contributed by atoms with Gasteiger partial charge in [-0.25, -0.2) is 0 Å². The zero-order valence-corrected chi connectivity index (χ0v) is 18.7. The Bertz CT molecular complexity index is 1330. The average molecular weight is 436 g/mol. The normalized spacial score (nSPS) is 11.3. The van der Waals surface area contributed by atoms with E-state index in [4.69, 9.17) is 0 Å². The number of hydrogen-bond acceptors (Lipinski definition) is 5. The van der Waals surface area contributed by atoms with Crippen molar-refractivity contribution in [1.29, 1.82) is 0 Å². The van der Waals surface area contributed by atoms with Crippen molar-refractivity contribution in [1.82, 2.24) is 19.2 Å². The number of benzene rings is 2. The number of para-hydroxylation sites is 1. The van der Waals surface area contributed by atoms with Crippen LogP contribution in [0.25, 0.3) is 16.7 Å². The Morgan fingerprint density at radius 2 is 1.90 bits per heavy atom. The van der Waals surface area contributed by atoms with Crippen LogP contribution in [0.4, 0.5) is 5.69 Å². The summed E-state index contributed by atoms with van der Waals surface area (Å²) in [6.07, 6.45) is 1.85. The zero-order chi connectivity index (χ0) is 22.0. The van der Waals surface area contributed by atoms with Crippen molar-refractivity contribution >= 4 is 40.0 Å². The van der Waals surface area contributed by atoms with Crippen LogP contribution in [0.3, 0.4) is 0 Å². The lowest BCUT2D eigenvalue weighted by molar-refractivity contribution is -0.113. The van der Waals surface area contributed by atoms with Crippen molar-refractivity contribution in [2.45, 2.75) is 45.3 Å². The Labute approximate surface area is 184 Å². The molecule has 160 valence electrons. The minimum atomic E-state index is -0.112. The molecule has 0 aliphatic rings. The lowest BCUT2D eigenvalue weighted by Crippen LogP contribution is -2.23. The summed E-state index contributed by atoms with van der Waals surface area (Å²) in [6.45, 7) is 6.68. The monoisotopic (exact) mass is 435 g/mol. The molecule has 2 heterocycles. The van der Waals surface area contributed by atoms with E-state index in [1.165, 1.54) is 11.8 Å². The van der Waals surface area contributed by atoms with Crippen LogP contribution in [-0.4, -0.2) is 30.8 Å². The molecular weight excluding hydrogens is 410 g/mol. The van der Waals surface area contributed by atoms with E-state index in [0.717, 1.165) is 35.2 Å². The van der Waals surface area contributed by atoms with Crippen LogP contribution >= 0.6 is 11.8 Å². The maximum atomic E-state index is 13.0. The molecule has 2 aromatic carbocycles. The Hall–Kier alpha value is -3.13. The molecular formula is C23H25N5O2S. The van der Waals surface area contributed by atoms with E-state index in [0.29, 0.717) is 22.9 Å². The summed E-state index contributed by atoms with van der Waals surface area (Å²) in [5, 5.41) is 12.8. The topological polar surface area (TPSA) is 81.3 Å². The Balaban J connectivity index is 1.65. The van der Waals surface area contributed by atoms with Crippen LogP contribution in [0.15, 0.2) is 52.4 Å². The maximum Gasteiger partial charge on any atom is 0.262 e. The van der Waals surface area contributed by atoms with E-state index in [1.807, 2.05) is 60.7 Å². The van der Waals surface area contributed by atoms with Crippen LogP contribution in [0.5, 0.6) is 0 Å². The molecule has 0 saturated heterocycles. The standard InChI is InChI=1S/C23H25N5O2S/c1-4-5-13-27-21(30)17-10-6-7-12-19(17)28-22(27)25-26-23(28)31-14-20(29)24-18-11-8-9-15(2)16(18)3/h6-12H,4-5,13-14H2,1-3H3,(H,24,29). The van der Waals surface area contributed by atoms with Gasteiger partial charge in [-0.15, -0.1) is 10.2 Å². The molecule has 0 atom stereocenters. The number of anilines is 1. The molecule has 31 heavy (non-hydrogen) atoms. The fourth-order valence-electron chi connectivity index (χ4n) is 3.55. The molecule has 2 aromatic heterocycles. The molecule has 0 bridgehead atoms. The van der Waals surface area contributed by atoms with Gasteiger partial charge in [0, 0.05) is 12.2 Å². The van der Waals surface area contributed by atoms with Crippen molar-refractivity contribution in [2.24, 2.45) is 0 Å². The minimum absolute atomic E-state index is 0.0619. The van der Waals surface area contributed by atoms with Crippen molar-refractivity contribution < 1.29 is 4.79 Å². The number of thioether (sulfide) groups is 1. The number of carbonyl (C=O) groups excluding carboxylic acids is 1. The molecule has 4 rings (SSSR count). The first kappa shape index (κ1) is 21.1. The van der Waals surface area contributed by atoms with Crippen LogP contribution in [-0.2, 0) is 11.3 Å². The third-order valence-corrected chi connectivity index (χ3v) is 6.35. The molecule has 4 aromatic rings. The molecule has 8 heteroatoms. The quantitative estimate of drug-likeness (QED) is 0.440. The third-order valence-electron chi connectivity index (χ3n) is 5.42. The summed E-state index contributed by atoms with van der Waals surface area (Å²) in [6, 6.07) is 13.3. The van der Waals surface area contributed by atoms with Gasteiger partial charge < -0.3 is 5.32 Å². The summed E-state index contributed by atoms with van der Waals surface area (Å²) in [5.74, 6) is 0.588. The van der Waals surface area contributed by atoms with E-state index in [9.17, 15) is 9.59 Å². The lowest BCUT2D eigenvalue weighted by Gasteiger charge is -2.11. The summed E-state index contributed by atoms with van der Waals surface area (Å²) in [5.41, 5.74) is 3.69. The van der Waals surface area contributed by atoms with Crippen molar-refractivity contribution in [2.75, 3.05) is 11.1 Å². The van der Waals surface area contributed by atoms with Gasteiger partial charge in [0.15, 0.2) is 5.16 Å². The Morgan fingerprint density at radius 1 is 1.10 bits per heavy atom. The summed E-state index contributed by atoms with van der Waals surface area (Å²) in [7, 11) is 0. The first-order valence-corrected chi connectivity index (χ1v) is 11.4. The first-order valence-electron chi connectivity index (χ1n) is 10.4. The van der Waals surface area contributed by atoms with Gasteiger partial charge in [0.2, 0.25) is 11.7 Å². The van der Waals surface area contributed by atoms with Gasteiger partial charge >= 0.3 is 0 Å². The van der Waals surface area contributed by atoms with Gasteiger partial charge in [-0.1, -0.05) is 49.4 Å². The maximum absolute atomic E-state index is 13.0. The van der Waals surface area contributed by atoms with Gasteiger partial charge in [0.1, 0.15) is 0 Å². The number of rotatable bonds is 7. The lowest BCUT2D eigenvalue weighted by atomic mass is 10.1. The second-order valence-corrected chi connectivity index (χ2v) is 8.47. The van der Waals surface area contributed by atoms with Crippen LogP contribution < -0.4 is 10.9 Å². The van der Waals surface area contributed by atoms with E-state index >= 15 is 0 Å². The smallest absolute Gasteiger partial charge is 0.262 e. The predicted molar refractivity (Wildman–Crippen MR) is 125 cm³/mol. The number of hydrogen-bond donors (Lipinski definition) is 1. The number of unbranched alkanes of at least 4 members (excludes halogenated alkanes) is 1. The van der Waals surface area contributed by atoms with Crippen molar-refractivity contribution in [3.63, 3.8) is 0 Å². The third kappa shape index (κ3) is 4.07. The van der Waals surface area contributed by atoms with Gasteiger partial charge in [0.05, 0.1) is 16.7 Å². The summed E-state index contributed by atoms with van der Waals surface area (Å²) < 4.78 is 3.56. The van der Waals surface area contributed by atoms with Crippen LogP contribution in [0.1, 0.15) is 30.9 Å². The summed E-state index contributed by atoms with van der Waals surface area (Å²) in [4.78, 5) is 25.6. The Morgan fingerprint density at radius 3 is 2.71 bits per heavy atom. The Kier molecular flexibility index (Phi) is 6.08. The molecule has 0 saturated carbocycles. The highest BCUT2D eigenvalue weighted by Gasteiger charge is 2.17. The van der Waals surface area contributed by atoms with Gasteiger partial charge in [-0.05, 0) is 49.6 Å². The SMILES string of the molecule is CCCCn1c(=O)c2ccccc2n2c(SCC(=O)Nc3cccc(C)c3C)nnc12. The molecule has 0 aliphatic carbocycles. The number of carbonyl (C=O) groups is 1. The van der Waals surface area contributed by atoms with E-state index < -0.39 is 0 Å². The molecule has 0 fully saturated rings. The van der Waals surface area contributed by atoms with E-state index in [2.05, 4.69) is 22.4 Å². The van der Waals surface area contributed by atoms with Gasteiger partial charge in [-0.2, -0.15) is 0 Å². The molecule has 0 radical (unpaired) electrons. The van der Waals surface area contributed by atoms with E-state index in [1.54, 1.807) is 4.57 Å². The number of fused-ring (bicyclic) bond motifs is 3. The summed E-state index contributed by atoms with van der Waals surface area (Å²) >= 11 is 1.31. The van der Waals surface area contributed by atoms with Crippen molar-refractivity contribution in [3.8, 4) is 0 Å². The number of nitrogens with one attached hydrogen (secondary N) is 1. The number of aryl methyl sites for hydroxylation is 2. The largest absolute Gasteiger partial charge is 0.325 e. The molecule has 1 amide bonds. The first-order chi connectivity index (χ1) is 15.0. The van der Waals surface area contributed by atoms with E-state index in [-0.39, 0.29) is 17.2 Å². The highest BCUT2D eigenvalue weighted by atomic mass is 32.2. The second kappa shape index (κ2) is 8.93. The highest BCUT2D eigenvalue weighted by Crippen LogP contribution is 2.23. The molecule has 0 spiro atoms. The predicted octanol–water partition coefficient (Wildman–Crippen LogP) is 4.19. The number of aromatic nitrogens is 4. The fraction of sp³-hybridized carbons (Fsp3) is 0.304. The zero-order valence-electron chi connectivity index (χ0n) is 17.9. The van der Waals surface area contributed by atoms with Gasteiger partial charge in [-0.3, -0.25) is 18.6 Å². The fourth-order valence-corrected chi connectivity index (χ4v) is 4.29.